The maximum Gasteiger partial charge on any atom is 0.317 e. The predicted octanol–water partition coefficient (Wildman–Crippen LogP) is 1.63. The summed E-state index contributed by atoms with van der Waals surface area (Å²) < 4.78 is 0. The zero-order chi connectivity index (χ0) is 14.7. The van der Waals surface area contributed by atoms with Crippen LogP contribution in [0, 0.1) is 0 Å². The molecule has 20 heavy (non-hydrogen) atoms. The molecule has 0 amide bonds. The molecule has 0 saturated heterocycles. The summed E-state index contributed by atoms with van der Waals surface area (Å²) in [6.45, 7) is 2.57. The van der Waals surface area contributed by atoms with Crippen molar-refractivity contribution in [2.45, 2.75) is 25.8 Å². The maximum atomic E-state index is 12.4. The van der Waals surface area contributed by atoms with E-state index < -0.39 is 12.0 Å². The largest absolute Gasteiger partial charge is 0.480 e. The number of fused-ring (bicyclic) bond motifs is 1. The lowest BCUT2D eigenvalue weighted by atomic mass is 9.97. The molecule has 5 heteroatoms. The van der Waals surface area contributed by atoms with Crippen LogP contribution in [0.4, 0.5) is 5.69 Å². The van der Waals surface area contributed by atoms with Gasteiger partial charge in [0.05, 0.1) is 12.6 Å². The van der Waals surface area contributed by atoms with Crippen molar-refractivity contribution in [2.24, 2.45) is 0 Å². The fourth-order valence-electron chi connectivity index (χ4n) is 2.42. The molecule has 0 saturated carbocycles. The first-order chi connectivity index (χ1) is 9.49. The Morgan fingerprint density at radius 2 is 2.20 bits per heavy atom. The first-order valence-corrected chi connectivity index (χ1v) is 6.82. The molecule has 1 aliphatic rings. The normalized spacial score (nSPS) is 15.3. The van der Waals surface area contributed by atoms with Gasteiger partial charge in [0.15, 0.2) is 5.78 Å². The number of rotatable bonds is 5. The van der Waals surface area contributed by atoms with E-state index in [0.29, 0.717) is 5.56 Å². The molecule has 5 nitrogen and oxygen atoms in total. The first kappa shape index (κ1) is 14.5. The number of Topliss-reactive ketones (excluding diaryl/α,β-unsaturated/α-hetero) is 1. The SMILES string of the molecule is CC(C(=O)c1ccc2c(c1)CCCN2)N(C)CC(=O)O. The van der Waals surface area contributed by atoms with Gasteiger partial charge in [0.2, 0.25) is 0 Å². The van der Waals surface area contributed by atoms with Gasteiger partial charge in [0.25, 0.3) is 0 Å². The van der Waals surface area contributed by atoms with Crippen molar-refractivity contribution >= 4 is 17.4 Å². The molecule has 0 spiro atoms. The number of ketones is 1. The van der Waals surface area contributed by atoms with Gasteiger partial charge >= 0.3 is 5.97 Å². The van der Waals surface area contributed by atoms with Gasteiger partial charge < -0.3 is 10.4 Å². The molecular formula is C15H20N2O3. The maximum absolute atomic E-state index is 12.4. The van der Waals surface area contributed by atoms with Gasteiger partial charge in [-0.2, -0.15) is 0 Å². The molecule has 2 N–H and O–H groups in total. The number of nitrogens with zero attached hydrogens (tertiary/aromatic N) is 1. The minimum Gasteiger partial charge on any atom is -0.480 e. The van der Waals surface area contributed by atoms with Crippen molar-refractivity contribution < 1.29 is 14.7 Å². The number of carboxylic acid groups (broad SMARTS) is 1. The van der Waals surface area contributed by atoms with Gasteiger partial charge in [-0.15, -0.1) is 0 Å². The van der Waals surface area contributed by atoms with Crippen molar-refractivity contribution in [2.75, 3.05) is 25.5 Å². The van der Waals surface area contributed by atoms with Gasteiger partial charge in [-0.05, 0) is 50.6 Å². The number of anilines is 1. The second-order valence-electron chi connectivity index (χ2n) is 5.25. The Morgan fingerprint density at radius 3 is 2.90 bits per heavy atom. The average Bonchev–Trinajstić information content (AvgIpc) is 2.44. The zero-order valence-electron chi connectivity index (χ0n) is 11.8. The lowest BCUT2D eigenvalue weighted by Gasteiger charge is -2.23. The molecule has 1 heterocycles. The van der Waals surface area contributed by atoms with Gasteiger partial charge in [-0.25, -0.2) is 0 Å². The van der Waals surface area contributed by atoms with E-state index in [2.05, 4.69) is 5.32 Å². The highest BCUT2D eigenvalue weighted by Gasteiger charge is 2.22. The van der Waals surface area contributed by atoms with Crippen LogP contribution in [0.5, 0.6) is 0 Å². The third-order valence-corrected chi connectivity index (χ3v) is 3.75. The van der Waals surface area contributed by atoms with Crippen LogP contribution in [0.2, 0.25) is 0 Å². The van der Waals surface area contributed by atoms with E-state index in [1.54, 1.807) is 18.9 Å². The molecule has 1 unspecified atom stereocenters. The van der Waals surface area contributed by atoms with Gasteiger partial charge in [-0.1, -0.05) is 0 Å². The Kier molecular flexibility index (Phi) is 4.39. The van der Waals surface area contributed by atoms with Gasteiger partial charge in [-0.3, -0.25) is 14.5 Å². The summed E-state index contributed by atoms with van der Waals surface area (Å²) in [7, 11) is 1.65. The molecule has 0 radical (unpaired) electrons. The van der Waals surface area contributed by atoms with E-state index in [1.807, 2.05) is 18.2 Å². The second-order valence-corrected chi connectivity index (χ2v) is 5.25. The standard InChI is InChI=1S/C15H20N2O3/c1-10(17(2)9-14(18)19)15(20)12-5-6-13-11(8-12)4-3-7-16-13/h5-6,8,10,16H,3-4,7,9H2,1-2H3,(H,18,19). The summed E-state index contributed by atoms with van der Waals surface area (Å²) >= 11 is 0. The average molecular weight is 276 g/mol. The van der Waals surface area contributed by atoms with Crippen LogP contribution in [0.1, 0.15) is 29.3 Å². The quantitative estimate of drug-likeness (QED) is 0.800. The predicted molar refractivity (Wildman–Crippen MR) is 77.3 cm³/mol. The monoisotopic (exact) mass is 276 g/mol. The molecule has 0 bridgehead atoms. The number of carboxylic acids is 1. The van der Waals surface area contributed by atoms with Crippen LogP contribution in [0.3, 0.4) is 0 Å². The molecular weight excluding hydrogens is 256 g/mol. The summed E-state index contributed by atoms with van der Waals surface area (Å²) in [6, 6.07) is 5.23. The van der Waals surface area contributed by atoms with E-state index in [1.165, 1.54) is 0 Å². The highest BCUT2D eigenvalue weighted by atomic mass is 16.4. The molecule has 0 aromatic heterocycles. The highest BCUT2D eigenvalue weighted by Crippen LogP contribution is 2.23. The molecule has 0 fully saturated rings. The van der Waals surface area contributed by atoms with Crippen LogP contribution < -0.4 is 5.32 Å². The Labute approximate surface area is 118 Å². The fourth-order valence-corrected chi connectivity index (χ4v) is 2.42. The van der Waals surface area contributed by atoms with Crippen LogP contribution in [-0.4, -0.2) is 47.9 Å². The third-order valence-electron chi connectivity index (χ3n) is 3.75. The number of aryl methyl sites for hydroxylation is 1. The number of carbonyl (C=O) groups is 2. The topological polar surface area (TPSA) is 69.6 Å². The van der Waals surface area contributed by atoms with Crippen molar-refractivity contribution in [3.05, 3.63) is 29.3 Å². The molecule has 1 aromatic rings. The number of carbonyl (C=O) groups excluding carboxylic acids is 1. The van der Waals surface area contributed by atoms with Crippen LogP contribution in [-0.2, 0) is 11.2 Å². The fraction of sp³-hybridized carbons (Fsp3) is 0.467. The van der Waals surface area contributed by atoms with Crippen molar-refractivity contribution in [1.29, 1.82) is 0 Å². The van der Waals surface area contributed by atoms with E-state index >= 15 is 0 Å². The lowest BCUT2D eigenvalue weighted by molar-refractivity contribution is -0.138. The van der Waals surface area contributed by atoms with Crippen molar-refractivity contribution in [1.82, 2.24) is 4.90 Å². The van der Waals surface area contributed by atoms with E-state index in [4.69, 9.17) is 5.11 Å². The minimum absolute atomic E-state index is 0.0397. The Hall–Kier alpha value is -1.88. The Balaban J connectivity index is 2.14. The molecule has 0 aliphatic carbocycles. The van der Waals surface area contributed by atoms with Crippen LogP contribution >= 0.6 is 0 Å². The minimum atomic E-state index is -0.929. The van der Waals surface area contributed by atoms with E-state index in [-0.39, 0.29) is 12.3 Å². The molecule has 2 rings (SSSR count). The molecule has 108 valence electrons. The Morgan fingerprint density at radius 1 is 1.45 bits per heavy atom. The highest BCUT2D eigenvalue weighted by molar-refractivity contribution is 6.00. The van der Waals surface area contributed by atoms with Crippen molar-refractivity contribution in [3.8, 4) is 0 Å². The number of benzene rings is 1. The summed E-state index contributed by atoms with van der Waals surface area (Å²) in [6.07, 6.45) is 2.04. The van der Waals surface area contributed by atoms with Crippen LogP contribution in [0.25, 0.3) is 0 Å². The number of aliphatic carboxylic acids is 1. The van der Waals surface area contributed by atoms with E-state index in [0.717, 1.165) is 30.6 Å². The summed E-state index contributed by atoms with van der Waals surface area (Å²) in [5.74, 6) is -0.969. The molecule has 1 aliphatic heterocycles. The number of hydrogen-bond acceptors (Lipinski definition) is 4. The second kappa shape index (κ2) is 6.05. The number of nitrogens with one attached hydrogen (secondary N) is 1. The van der Waals surface area contributed by atoms with E-state index in [9.17, 15) is 9.59 Å². The van der Waals surface area contributed by atoms with Gasteiger partial charge in [0, 0.05) is 17.8 Å². The Bertz CT molecular complexity index is 528. The van der Waals surface area contributed by atoms with Crippen LogP contribution in [0.15, 0.2) is 18.2 Å². The van der Waals surface area contributed by atoms with Gasteiger partial charge in [0.1, 0.15) is 0 Å². The number of hydrogen-bond donors (Lipinski definition) is 2. The molecule has 1 atom stereocenters. The summed E-state index contributed by atoms with van der Waals surface area (Å²) in [5, 5.41) is 12.1. The first-order valence-electron chi connectivity index (χ1n) is 6.82. The third kappa shape index (κ3) is 3.17. The zero-order valence-corrected chi connectivity index (χ0v) is 11.8. The summed E-state index contributed by atoms with van der Waals surface area (Å²) in [4.78, 5) is 24.6. The van der Waals surface area contributed by atoms with Crippen molar-refractivity contribution in [3.63, 3.8) is 0 Å². The summed E-state index contributed by atoms with van der Waals surface area (Å²) in [5.41, 5.74) is 2.91. The molecule has 1 aromatic carbocycles. The number of likely N-dealkylation sites (N-methyl/N-ethyl adjacent to an activating group) is 1. The lowest BCUT2D eigenvalue weighted by Crippen LogP contribution is -2.39. The smallest absolute Gasteiger partial charge is 0.317 e.